The van der Waals surface area contributed by atoms with E-state index in [0.717, 1.165) is 5.56 Å². The number of benzene rings is 2. The van der Waals surface area contributed by atoms with Gasteiger partial charge in [-0.2, -0.15) is 0 Å². The highest BCUT2D eigenvalue weighted by Gasteiger charge is 2.41. The molecule has 4 unspecified atom stereocenters. The van der Waals surface area contributed by atoms with Gasteiger partial charge in [0.15, 0.2) is 0 Å². The SMILES string of the molecule is CC(=O)Nc1c(Cl)cc(C(=O)NC(C)C(=O)N2CCCC2C(=O)NC2CC(=O)OC2OCc2ccccc2)cc1Cl. The van der Waals surface area contributed by atoms with Crippen LogP contribution in [0, 0.1) is 0 Å². The molecule has 11 nitrogen and oxygen atoms in total. The normalized spacial score (nSPS) is 20.7. The van der Waals surface area contributed by atoms with Gasteiger partial charge in [-0.15, -0.1) is 0 Å². The Morgan fingerprint density at radius 3 is 2.46 bits per heavy atom. The van der Waals surface area contributed by atoms with Crippen LogP contribution in [-0.2, 0) is 35.3 Å². The topological polar surface area (TPSA) is 143 Å². The fourth-order valence-electron chi connectivity index (χ4n) is 4.73. The molecule has 2 heterocycles. The number of nitrogens with one attached hydrogen (secondary N) is 3. The molecule has 0 bridgehead atoms. The van der Waals surface area contributed by atoms with E-state index in [0.29, 0.717) is 19.4 Å². The molecule has 4 rings (SSSR count). The monoisotopic (exact) mass is 604 g/mol. The number of halogens is 2. The number of likely N-dealkylation sites (tertiary alicyclic amines) is 1. The third kappa shape index (κ3) is 7.55. The number of hydrogen-bond acceptors (Lipinski definition) is 7. The van der Waals surface area contributed by atoms with Crippen LogP contribution in [0.25, 0.3) is 0 Å². The van der Waals surface area contributed by atoms with Crippen molar-refractivity contribution in [2.75, 3.05) is 11.9 Å². The van der Waals surface area contributed by atoms with Crippen LogP contribution in [0.15, 0.2) is 42.5 Å². The molecule has 2 fully saturated rings. The van der Waals surface area contributed by atoms with Gasteiger partial charge in [0.25, 0.3) is 5.91 Å². The van der Waals surface area contributed by atoms with Crippen molar-refractivity contribution in [3.05, 3.63) is 63.6 Å². The van der Waals surface area contributed by atoms with E-state index in [4.69, 9.17) is 32.7 Å². The number of ether oxygens (including phenoxy) is 2. The third-order valence-electron chi connectivity index (χ3n) is 6.71. The maximum absolute atomic E-state index is 13.3. The first-order valence-corrected chi connectivity index (χ1v) is 13.8. The van der Waals surface area contributed by atoms with Crippen molar-refractivity contribution >= 4 is 58.5 Å². The maximum Gasteiger partial charge on any atom is 0.310 e. The van der Waals surface area contributed by atoms with Gasteiger partial charge in [-0.25, -0.2) is 0 Å². The van der Waals surface area contributed by atoms with Gasteiger partial charge < -0.3 is 30.3 Å². The Labute approximate surface area is 246 Å². The molecule has 2 aromatic carbocycles. The van der Waals surface area contributed by atoms with E-state index in [1.165, 1.54) is 30.9 Å². The number of anilines is 1. The van der Waals surface area contributed by atoms with Crippen molar-refractivity contribution < 1.29 is 33.4 Å². The highest BCUT2D eigenvalue weighted by Crippen LogP contribution is 2.32. The van der Waals surface area contributed by atoms with Crippen LogP contribution in [0.2, 0.25) is 10.0 Å². The van der Waals surface area contributed by atoms with Crippen molar-refractivity contribution in [2.24, 2.45) is 0 Å². The summed E-state index contributed by atoms with van der Waals surface area (Å²) in [5.41, 5.74) is 1.16. The zero-order valence-electron chi connectivity index (χ0n) is 22.4. The van der Waals surface area contributed by atoms with E-state index in [-0.39, 0.29) is 40.2 Å². The molecular weight excluding hydrogens is 575 g/mol. The largest absolute Gasteiger partial charge is 0.433 e. The first-order valence-electron chi connectivity index (χ1n) is 13.1. The first kappa shape index (κ1) is 30.3. The van der Waals surface area contributed by atoms with Crippen LogP contribution in [0.3, 0.4) is 0 Å². The summed E-state index contributed by atoms with van der Waals surface area (Å²) in [6.07, 6.45) is 0.00927. The van der Waals surface area contributed by atoms with E-state index >= 15 is 0 Å². The molecule has 3 N–H and O–H groups in total. The number of carbonyl (C=O) groups excluding carboxylic acids is 5. The van der Waals surface area contributed by atoms with E-state index in [1.807, 2.05) is 30.3 Å². The molecule has 2 aliphatic heterocycles. The van der Waals surface area contributed by atoms with Gasteiger partial charge in [-0.1, -0.05) is 53.5 Å². The van der Waals surface area contributed by atoms with Crippen molar-refractivity contribution in [2.45, 2.75) is 64.1 Å². The summed E-state index contributed by atoms with van der Waals surface area (Å²) < 4.78 is 11.0. The molecule has 0 radical (unpaired) electrons. The minimum atomic E-state index is -0.971. The Balaban J connectivity index is 1.36. The van der Waals surface area contributed by atoms with Gasteiger partial charge in [0.2, 0.25) is 24.0 Å². The fraction of sp³-hybridized carbons (Fsp3) is 0.393. The van der Waals surface area contributed by atoms with Crippen LogP contribution in [0.1, 0.15) is 49.0 Å². The van der Waals surface area contributed by atoms with Gasteiger partial charge >= 0.3 is 5.97 Å². The number of nitrogens with zero attached hydrogens (tertiary/aromatic N) is 1. The number of amides is 4. The molecule has 0 saturated carbocycles. The number of esters is 1. The average molecular weight is 605 g/mol. The molecule has 2 aromatic rings. The second kappa shape index (κ2) is 13.3. The highest BCUT2D eigenvalue weighted by atomic mass is 35.5. The van der Waals surface area contributed by atoms with Crippen LogP contribution in [0.5, 0.6) is 0 Å². The Morgan fingerprint density at radius 1 is 1.12 bits per heavy atom. The Kier molecular flexibility index (Phi) is 9.85. The molecule has 218 valence electrons. The minimum Gasteiger partial charge on any atom is -0.433 e. The lowest BCUT2D eigenvalue weighted by molar-refractivity contribution is -0.168. The van der Waals surface area contributed by atoms with Crippen molar-refractivity contribution in [3.8, 4) is 0 Å². The summed E-state index contributed by atoms with van der Waals surface area (Å²) in [6.45, 7) is 3.34. The van der Waals surface area contributed by atoms with Gasteiger partial charge in [-0.05, 0) is 37.5 Å². The average Bonchev–Trinajstić information content (AvgIpc) is 3.55. The van der Waals surface area contributed by atoms with Gasteiger partial charge in [-0.3, -0.25) is 24.0 Å². The zero-order chi connectivity index (χ0) is 29.7. The third-order valence-corrected chi connectivity index (χ3v) is 7.31. The highest BCUT2D eigenvalue weighted by molar-refractivity contribution is 6.40. The Bertz CT molecular complexity index is 1320. The van der Waals surface area contributed by atoms with Gasteiger partial charge in [0.05, 0.1) is 28.8 Å². The van der Waals surface area contributed by atoms with E-state index in [1.54, 1.807) is 0 Å². The van der Waals surface area contributed by atoms with Crippen molar-refractivity contribution in [3.63, 3.8) is 0 Å². The molecular formula is C28H30Cl2N4O7. The predicted molar refractivity (Wildman–Crippen MR) is 150 cm³/mol. The lowest BCUT2D eigenvalue weighted by atomic mass is 10.1. The molecule has 2 aliphatic rings. The van der Waals surface area contributed by atoms with E-state index in [9.17, 15) is 24.0 Å². The molecule has 4 atom stereocenters. The second-order valence-corrected chi connectivity index (χ2v) is 10.7. The Morgan fingerprint density at radius 2 is 1.80 bits per heavy atom. The van der Waals surface area contributed by atoms with Gasteiger partial charge in [0, 0.05) is 19.0 Å². The smallest absolute Gasteiger partial charge is 0.310 e. The molecule has 0 aromatic heterocycles. The summed E-state index contributed by atoms with van der Waals surface area (Å²) in [5.74, 6) is -2.35. The number of rotatable bonds is 9. The van der Waals surface area contributed by atoms with Crippen molar-refractivity contribution in [1.29, 1.82) is 0 Å². The summed E-state index contributed by atoms with van der Waals surface area (Å²) in [4.78, 5) is 64.1. The fourth-order valence-corrected chi connectivity index (χ4v) is 5.31. The summed E-state index contributed by atoms with van der Waals surface area (Å²) in [5, 5.41) is 8.05. The quantitative estimate of drug-likeness (QED) is 0.373. The van der Waals surface area contributed by atoms with Crippen LogP contribution < -0.4 is 16.0 Å². The summed E-state index contributed by atoms with van der Waals surface area (Å²) in [7, 11) is 0. The van der Waals surface area contributed by atoms with Crippen LogP contribution in [0.4, 0.5) is 5.69 Å². The molecule has 0 spiro atoms. The zero-order valence-corrected chi connectivity index (χ0v) is 24.0. The second-order valence-electron chi connectivity index (χ2n) is 9.85. The standard InChI is InChI=1S/C28H30Cl2N4O7/c1-15(31-25(37)18-11-19(29)24(20(30)12-18)32-16(2)35)27(39)34-10-6-9-22(34)26(38)33-21-13-23(36)41-28(21)40-14-17-7-4-3-5-8-17/h3-5,7-8,11-12,15,21-22,28H,6,9-10,13-14H2,1-2H3,(H,31,37)(H,32,35)(H,33,38). The minimum absolute atomic E-state index is 0.0514. The van der Waals surface area contributed by atoms with Crippen molar-refractivity contribution in [1.82, 2.24) is 15.5 Å². The number of cyclic esters (lactones) is 1. The van der Waals surface area contributed by atoms with Crippen LogP contribution in [-0.4, -0.2) is 65.5 Å². The predicted octanol–water partition coefficient (Wildman–Crippen LogP) is 3.04. The molecule has 13 heteroatoms. The number of carbonyl (C=O) groups is 5. The molecule has 41 heavy (non-hydrogen) atoms. The van der Waals surface area contributed by atoms with Gasteiger partial charge in [0.1, 0.15) is 18.1 Å². The molecule has 4 amide bonds. The van der Waals surface area contributed by atoms with E-state index < -0.39 is 48.1 Å². The summed E-state index contributed by atoms with van der Waals surface area (Å²) >= 11 is 12.4. The van der Waals surface area contributed by atoms with Crippen LogP contribution >= 0.6 is 23.2 Å². The number of hydrogen-bond donors (Lipinski definition) is 3. The Hall–Kier alpha value is -3.67. The van der Waals surface area contributed by atoms with E-state index in [2.05, 4.69) is 16.0 Å². The lowest BCUT2D eigenvalue weighted by Gasteiger charge is -2.28. The summed E-state index contributed by atoms with van der Waals surface area (Å²) in [6, 6.07) is 9.55. The molecule has 2 saturated heterocycles. The first-order chi connectivity index (χ1) is 19.5. The molecule has 0 aliphatic carbocycles. The maximum atomic E-state index is 13.3. The lowest BCUT2D eigenvalue weighted by Crippen LogP contribution is -2.54.